The Morgan fingerprint density at radius 3 is 3.00 bits per heavy atom. The Morgan fingerprint density at radius 2 is 2.36 bits per heavy atom. The molecule has 1 aromatic rings. The summed E-state index contributed by atoms with van der Waals surface area (Å²) in [6, 6.07) is 2.02. The summed E-state index contributed by atoms with van der Waals surface area (Å²) in [4.78, 5) is 4.10. The van der Waals surface area contributed by atoms with Crippen molar-refractivity contribution in [3.05, 3.63) is 29.6 Å². The van der Waals surface area contributed by atoms with Crippen molar-refractivity contribution >= 4 is 0 Å². The van der Waals surface area contributed by atoms with Crippen LogP contribution >= 0.6 is 0 Å². The van der Waals surface area contributed by atoms with Gasteiger partial charge in [-0.15, -0.1) is 0 Å². The SMILES string of the molecule is NCc1ccncc1C1CC1. The van der Waals surface area contributed by atoms with Crippen LogP contribution in [0.15, 0.2) is 18.5 Å². The molecule has 0 atom stereocenters. The van der Waals surface area contributed by atoms with Crippen LogP contribution in [0, 0.1) is 0 Å². The number of rotatable bonds is 2. The zero-order valence-corrected chi connectivity index (χ0v) is 6.46. The predicted molar refractivity (Wildman–Crippen MR) is 44.1 cm³/mol. The Hall–Kier alpha value is -0.890. The minimum Gasteiger partial charge on any atom is -0.326 e. The molecule has 0 aromatic carbocycles. The summed E-state index contributed by atoms with van der Waals surface area (Å²) in [6.45, 7) is 0.647. The fourth-order valence-corrected chi connectivity index (χ4v) is 1.38. The van der Waals surface area contributed by atoms with E-state index in [1.54, 1.807) is 0 Å². The Kier molecular flexibility index (Phi) is 1.62. The number of nitrogens with zero attached hydrogens (tertiary/aromatic N) is 1. The van der Waals surface area contributed by atoms with Crippen LogP contribution in [-0.4, -0.2) is 4.98 Å². The molecule has 2 nitrogen and oxygen atoms in total. The molecule has 0 spiro atoms. The van der Waals surface area contributed by atoms with Gasteiger partial charge in [-0.2, -0.15) is 0 Å². The van der Waals surface area contributed by atoms with Crippen LogP contribution < -0.4 is 5.73 Å². The second-order valence-corrected chi connectivity index (χ2v) is 3.05. The first kappa shape index (κ1) is 6.80. The van der Waals surface area contributed by atoms with Crippen molar-refractivity contribution in [1.29, 1.82) is 0 Å². The van der Waals surface area contributed by atoms with Crippen molar-refractivity contribution in [2.24, 2.45) is 5.73 Å². The van der Waals surface area contributed by atoms with E-state index in [0.717, 1.165) is 5.92 Å². The van der Waals surface area contributed by atoms with E-state index in [9.17, 15) is 0 Å². The van der Waals surface area contributed by atoms with Gasteiger partial charge in [0.2, 0.25) is 0 Å². The minimum absolute atomic E-state index is 0.647. The summed E-state index contributed by atoms with van der Waals surface area (Å²) < 4.78 is 0. The van der Waals surface area contributed by atoms with E-state index in [1.165, 1.54) is 24.0 Å². The molecule has 0 saturated heterocycles. The lowest BCUT2D eigenvalue weighted by molar-refractivity contribution is 0.977. The van der Waals surface area contributed by atoms with E-state index in [2.05, 4.69) is 4.98 Å². The molecule has 0 radical (unpaired) electrons. The Labute approximate surface area is 66.4 Å². The second-order valence-electron chi connectivity index (χ2n) is 3.05. The van der Waals surface area contributed by atoms with Gasteiger partial charge in [-0.25, -0.2) is 0 Å². The maximum Gasteiger partial charge on any atom is 0.0305 e. The largest absolute Gasteiger partial charge is 0.326 e. The predicted octanol–water partition coefficient (Wildman–Crippen LogP) is 1.42. The van der Waals surface area contributed by atoms with Gasteiger partial charge in [0.05, 0.1) is 0 Å². The van der Waals surface area contributed by atoms with Gasteiger partial charge in [0.25, 0.3) is 0 Å². The number of hydrogen-bond acceptors (Lipinski definition) is 2. The molecule has 1 saturated carbocycles. The maximum atomic E-state index is 5.59. The quantitative estimate of drug-likeness (QED) is 0.688. The summed E-state index contributed by atoms with van der Waals surface area (Å²) in [7, 11) is 0. The highest BCUT2D eigenvalue weighted by molar-refractivity contribution is 5.29. The van der Waals surface area contributed by atoms with Crippen LogP contribution in [0.4, 0.5) is 0 Å². The van der Waals surface area contributed by atoms with Gasteiger partial charge in [-0.1, -0.05) is 0 Å². The van der Waals surface area contributed by atoms with Crippen LogP contribution in [0.5, 0.6) is 0 Å². The average Bonchev–Trinajstić information content (AvgIpc) is 2.87. The van der Waals surface area contributed by atoms with Crippen LogP contribution in [0.3, 0.4) is 0 Å². The molecule has 58 valence electrons. The normalized spacial score (nSPS) is 16.8. The third-order valence-electron chi connectivity index (χ3n) is 2.18. The number of pyridine rings is 1. The van der Waals surface area contributed by atoms with Gasteiger partial charge in [-0.05, 0) is 36.0 Å². The average molecular weight is 148 g/mol. The van der Waals surface area contributed by atoms with E-state index in [-0.39, 0.29) is 0 Å². The number of hydrogen-bond donors (Lipinski definition) is 1. The van der Waals surface area contributed by atoms with Gasteiger partial charge >= 0.3 is 0 Å². The maximum absolute atomic E-state index is 5.59. The van der Waals surface area contributed by atoms with Crippen molar-refractivity contribution in [2.45, 2.75) is 25.3 Å². The van der Waals surface area contributed by atoms with Crippen molar-refractivity contribution < 1.29 is 0 Å². The summed E-state index contributed by atoms with van der Waals surface area (Å²) >= 11 is 0. The van der Waals surface area contributed by atoms with Gasteiger partial charge in [0.1, 0.15) is 0 Å². The molecule has 2 rings (SSSR count). The van der Waals surface area contributed by atoms with E-state index in [1.807, 2.05) is 18.5 Å². The third kappa shape index (κ3) is 1.26. The van der Waals surface area contributed by atoms with Gasteiger partial charge in [0, 0.05) is 18.9 Å². The topological polar surface area (TPSA) is 38.9 Å². The first-order chi connectivity index (χ1) is 5.42. The van der Waals surface area contributed by atoms with Crippen molar-refractivity contribution in [3.63, 3.8) is 0 Å². The molecule has 2 N–H and O–H groups in total. The van der Waals surface area contributed by atoms with Crippen LogP contribution in [-0.2, 0) is 6.54 Å². The molecule has 0 bridgehead atoms. The van der Waals surface area contributed by atoms with E-state index >= 15 is 0 Å². The summed E-state index contributed by atoms with van der Waals surface area (Å²) in [6.07, 6.45) is 6.41. The highest BCUT2D eigenvalue weighted by Crippen LogP contribution is 2.40. The molecular weight excluding hydrogens is 136 g/mol. The highest BCUT2D eigenvalue weighted by Gasteiger charge is 2.25. The third-order valence-corrected chi connectivity index (χ3v) is 2.18. The molecule has 11 heavy (non-hydrogen) atoms. The molecular formula is C9H12N2. The summed E-state index contributed by atoms with van der Waals surface area (Å²) in [5, 5.41) is 0. The van der Waals surface area contributed by atoms with Crippen molar-refractivity contribution in [2.75, 3.05) is 0 Å². The second kappa shape index (κ2) is 2.62. The van der Waals surface area contributed by atoms with Crippen molar-refractivity contribution in [1.82, 2.24) is 4.98 Å². The summed E-state index contributed by atoms with van der Waals surface area (Å²) in [5.41, 5.74) is 8.23. The smallest absolute Gasteiger partial charge is 0.0305 e. The molecule has 2 heteroatoms. The zero-order valence-electron chi connectivity index (χ0n) is 6.46. The van der Waals surface area contributed by atoms with Gasteiger partial charge in [0.15, 0.2) is 0 Å². The first-order valence-electron chi connectivity index (χ1n) is 4.04. The van der Waals surface area contributed by atoms with Crippen LogP contribution in [0.1, 0.15) is 29.9 Å². The molecule has 1 fully saturated rings. The van der Waals surface area contributed by atoms with E-state index < -0.39 is 0 Å². The monoisotopic (exact) mass is 148 g/mol. The highest BCUT2D eigenvalue weighted by atomic mass is 14.6. The molecule has 0 aliphatic heterocycles. The summed E-state index contributed by atoms with van der Waals surface area (Å²) in [5.74, 6) is 0.766. The standard InChI is InChI=1S/C9H12N2/c10-5-8-3-4-11-6-9(8)7-1-2-7/h3-4,6-7H,1-2,5,10H2. The number of nitrogens with two attached hydrogens (primary N) is 1. The lowest BCUT2D eigenvalue weighted by atomic mass is 10.1. The fraction of sp³-hybridized carbons (Fsp3) is 0.444. The Morgan fingerprint density at radius 1 is 1.55 bits per heavy atom. The van der Waals surface area contributed by atoms with Crippen molar-refractivity contribution in [3.8, 4) is 0 Å². The van der Waals surface area contributed by atoms with E-state index in [0.29, 0.717) is 6.54 Å². The zero-order chi connectivity index (χ0) is 7.68. The van der Waals surface area contributed by atoms with Gasteiger partial charge in [-0.3, -0.25) is 4.98 Å². The molecule has 0 unspecified atom stereocenters. The fourth-order valence-electron chi connectivity index (χ4n) is 1.38. The lowest BCUT2D eigenvalue weighted by Crippen LogP contribution is -2.00. The molecule has 1 aliphatic carbocycles. The lowest BCUT2D eigenvalue weighted by Gasteiger charge is -2.03. The first-order valence-corrected chi connectivity index (χ1v) is 4.04. The van der Waals surface area contributed by atoms with Gasteiger partial charge < -0.3 is 5.73 Å². The van der Waals surface area contributed by atoms with Crippen LogP contribution in [0.25, 0.3) is 0 Å². The molecule has 1 aliphatic rings. The number of aromatic nitrogens is 1. The molecule has 1 heterocycles. The Balaban J connectivity index is 2.34. The molecule has 0 amide bonds. The van der Waals surface area contributed by atoms with E-state index in [4.69, 9.17) is 5.73 Å². The Bertz CT molecular complexity index is 253. The van der Waals surface area contributed by atoms with Crippen LogP contribution in [0.2, 0.25) is 0 Å². The minimum atomic E-state index is 0.647. The molecule has 1 aromatic heterocycles.